The first-order valence-electron chi connectivity index (χ1n) is 5.19. The number of esters is 1. The molecule has 1 heterocycles. The Morgan fingerprint density at radius 1 is 1.53 bits per heavy atom. The lowest BCUT2D eigenvalue weighted by atomic mass is 10.4. The molecule has 0 bridgehead atoms. The quantitative estimate of drug-likeness (QED) is 0.712. The first-order valence-corrected chi connectivity index (χ1v) is 5.19. The maximum Gasteiger partial charge on any atom is 0.307 e. The van der Waals surface area contributed by atoms with E-state index in [1.54, 1.807) is 0 Å². The van der Waals surface area contributed by atoms with Gasteiger partial charge in [-0.3, -0.25) is 9.48 Å². The van der Waals surface area contributed by atoms with E-state index in [2.05, 4.69) is 5.10 Å². The molecule has 4 nitrogen and oxygen atoms in total. The summed E-state index contributed by atoms with van der Waals surface area (Å²) in [5.74, 6) is -0.169. The van der Waals surface area contributed by atoms with Gasteiger partial charge in [0.05, 0.1) is 24.8 Å². The van der Waals surface area contributed by atoms with E-state index in [1.807, 2.05) is 38.4 Å². The van der Waals surface area contributed by atoms with Gasteiger partial charge >= 0.3 is 5.97 Å². The smallest absolute Gasteiger partial charge is 0.307 e. The molecule has 1 aromatic heterocycles. The van der Waals surface area contributed by atoms with E-state index in [9.17, 15) is 4.79 Å². The molecule has 0 unspecified atom stereocenters. The van der Waals surface area contributed by atoms with Gasteiger partial charge in [-0.2, -0.15) is 5.10 Å². The Labute approximate surface area is 90.2 Å². The van der Waals surface area contributed by atoms with E-state index in [1.165, 1.54) is 0 Å². The minimum absolute atomic E-state index is 0.0436. The van der Waals surface area contributed by atoms with Crippen LogP contribution in [0.25, 0.3) is 0 Å². The second kappa shape index (κ2) is 4.96. The number of hydrogen-bond acceptors (Lipinski definition) is 3. The minimum atomic E-state index is -0.169. The van der Waals surface area contributed by atoms with Gasteiger partial charge in [-0.1, -0.05) is 0 Å². The molecule has 4 heteroatoms. The first-order chi connectivity index (χ1) is 6.99. The van der Waals surface area contributed by atoms with Crippen molar-refractivity contribution in [2.24, 2.45) is 0 Å². The van der Waals surface area contributed by atoms with Crippen molar-refractivity contribution >= 4 is 5.97 Å². The van der Waals surface area contributed by atoms with Gasteiger partial charge in [0.25, 0.3) is 0 Å². The zero-order chi connectivity index (χ0) is 11.4. The van der Waals surface area contributed by atoms with Gasteiger partial charge in [0.15, 0.2) is 0 Å². The summed E-state index contributed by atoms with van der Waals surface area (Å²) in [5.41, 5.74) is 2.05. The fraction of sp³-hybridized carbons (Fsp3) is 0.636. The molecular weight excluding hydrogens is 192 g/mol. The fourth-order valence-corrected chi connectivity index (χ4v) is 1.42. The zero-order valence-corrected chi connectivity index (χ0v) is 9.78. The topological polar surface area (TPSA) is 44.1 Å². The summed E-state index contributed by atoms with van der Waals surface area (Å²) in [7, 11) is 0. The van der Waals surface area contributed by atoms with Crippen LogP contribution in [0.5, 0.6) is 0 Å². The molecule has 0 aromatic carbocycles. The molecule has 1 aromatic rings. The normalized spacial score (nSPS) is 10.7. The van der Waals surface area contributed by atoms with Crippen molar-refractivity contribution in [3.8, 4) is 0 Å². The van der Waals surface area contributed by atoms with E-state index < -0.39 is 0 Å². The van der Waals surface area contributed by atoms with Crippen LogP contribution in [-0.2, 0) is 16.1 Å². The lowest BCUT2D eigenvalue weighted by molar-refractivity contribution is -0.147. The van der Waals surface area contributed by atoms with Crippen LogP contribution in [0.15, 0.2) is 6.07 Å². The van der Waals surface area contributed by atoms with Crippen LogP contribution in [0.4, 0.5) is 0 Å². The van der Waals surface area contributed by atoms with Gasteiger partial charge in [0, 0.05) is 5.69 Å². The summed E-state index contributed by atoms with van der Waals surface area (Å²) >= 11 is 0. The van der Waals surface area contributed by atoms with Crippen LogP contribution < -0.4 is 0 Å². The maximum absolute atomic E-state index is 11.3. The summed E-state index contributed by atoms with van der Waals surface area (Å²) in [4.78, 5) is 11.3. The maximum atomic E-state index is 11.3. The minimum Gasteiger partial charge on any atom is -0.463 e. The highest BCUT2D eigenvalue weighted by Crippen LogP contribution is 2.03. The molecule has 0 fully saturated rings. The molecule has 15 heavy (non-hydrogen) atoms. The molecule has 84 valence electrons. The van der Waals surface area contributed by atoms with E-state index >= 15 is 0 Å². The van der Waals surface area contributed by atoms with Gasteiger partial charge in [-0.25, -0.2) is 0 Å². The Hall–Kier alpha value is -1.32. The number of rotatable bonds is 4. The van der Waals surface area contributed by atoms with Crippen molar-refractivity contribution in [3.05, 3.63) is 17.5 Å². The molecular formula is C11H18N2O2. The lowest BCUT2D eigenvalue weighted by Crippen LogP contribution is -2.14. The Morgan fingerprint density at radius 2 is 2.20 bits per heavy atom. The zero-order valence-electron chi connectivity index (χ0n) is 9.78. The average Bonchev–Trinajstić information content (AvgIpc) is 2.40. The SMILES string of the molecule is Cc1cc(C)n(CCC(=O)OC(C)C)n1. The molecule has 0 radical (unpaired) electrons. The summed E-state index contributed by atoms with van der Waals surface area (Å²) in [6, 6.07) is 1.99. The molecule has 0 saturated carbocycles. The summed E-state index contributed by atoms with van der Waals surface area (Å²) < 4.78 is 6.87. The Kier molecular flexibility index (Phi) is 3.88. The third-order valence-electron chi connectivity index (χ3n) is 2.00. The van der Waals surface area contributed by atoms with Crippen LogP contribution in [0.1, 0.15) is 31.7 Å². The van der Waals surface area contributed by atoms with Crippen molar-refractivity contribution < 1.29 is 9.53 Å². The average molecular weight is 210 g/mol. The molecule has 0 aliphatic carbocycles. The number of carbonyl (C=O) groups excluding carboxylic acids is 1. The number of aromatic nitrogens is 2. The highest BCUT2D eigenvalue weighted by atomic mass is 16.5. The molecule has 0 atom stereocenters. The van der Waals surface area contributed by atoms with Crippen LogP contribution >= 0.6 is 0 Å². The van der Waals surface area contributed by atoms with Crippen molar-refractivity contribution in [1.29, 1.82) is 0 Å². The Bertz CT molecular complexity index is 342. The van der Waals surface area contributed by atoms with Crippen LogP contribution in [0.3, 0.4) is 0 Å². The summed E-state index contributed by atoms with van der Waals surface area (Å²) in [6.07, 6.45) is 0.332. The fourth-order valence-electron chi connectivity index (χ4n) is 1.42. The first kappa shape index (κ1) is 11.8. The number of ether oxygens (including phenoxy) is 1. The molecule has 0 spiro atoms. The number of hydrogen-bond donors (Lipinski definition) is 0. The number of carbonyl (C=O) groups is 1. The number of aryl methyl sites for hydroxylation is 3. The molecule has 0 saturated heterocycles. The highest BCUT2D eigenvalue weighted by molar-refractivity contribution is 5.69. The molecule has 0 aliphatic rings. The van der Waals surface area contributed by atoms with Crippen LogP contribution in [0, 0.1) is 13.8 Å². The monoisotopic (exact) mass is 210 g/mol. The van der Waals surface area contributed by atoms with E-state index in [4.69, 9.17) is 4.74 Å². The predicted octanol–water partition coefficient (Wildman–Crippen LogP) is 1.84. The standard InChI is InChI=1S/C11H18N2O2/c1-8(2)15-11(14)5-6-13-10(4)7-9(3)12-13/h7-8H,5-6H2,1-4H3. The van der Waals surface area contributed by atoms with Crippen LogP contribution in [0.2, 0.25) is 0 Å². The van der Waals surface area contributed by atoms with Gasteiger partial charge in [-0.15, -0.1) is 0 Å². The van der Waals surface area contributed by atoms with Gasteiger partial charge in [-0.05, 0) is 33.8 Å². The van der Waals surface area contributed by atoms with Crippen molar-refractivity contribution in [2.75, 3.05) is 0 Å². The number of nitrogens with zero attached hydrogens (tertiary/aromatic N) is 2. The van der Waals surface area contributed by atoms with E-state index in [-0.39, 0.29) is 12.1 Å². The third-order valence-corrected chi connectivity index (χ3v) is 2.00. The molecule has 0 amide bonds. The van der Waals surface area contributed by atoms with E-state index in [0.29, 0.717) is 13.0 Å². The molecule has 1 rings (SSSR count). The Balaban J connectivity index is 2.43. The summed E-state index contributed by atoms with van der Waals surface area (Å²) in [5, 5.41) is 4.27. The second-order valence-electron chi connectivity index (χ2n) is 3.94. The lowest BCUT2D eigenvalue weighted by Gasteiger charge is -2.08. The van der Waals surface area contributed by atoms with Gasteiger partial charge in [0.2, 0.25) is 0 Å². The third kappa shape index (κ3) is 3.73. The van der Waals surface area contributed by atoms with Crippen molar-refractivity contribution in [2.45, 2.75) is 46.8 Å². The largest absolute Gasteiger partial charge is 0.463 e. The van der Waals surface area contributed by atoms with Crippen molar-refractivity contribution in [3.63, 3.8) is 0 Å². The summed E-state index contributed by atoms with van der Waals surface area (Å²) in [6.45, 7) is 8.21. The van der Waals surface area contributed by atoms with E-state index in [0.717, 1.165) is 11.4 Å². The van der Waals surface area contributed by atoms with Gasteiger partial charge in [0.1, 0.15) is 0 Å². The second-order valence-corrected chi connectivity index (χ2v) is 3.94. The van der Waals surface area contributed by atoms with Crippen LogP contribution in [-0.4, -0.2) is 21.9 Å². The predicted molar refractivity (Wildman–Crippen MR) is 57.5 cm³/mol. The van der Waals surface area contributed by atoms with Gasteiger partial charge < -0.3 is 4.74 Å². The molecule has 0 N–H and O–H groups in total. The Morgan fingerprint density at radius 3 is 2.67 bits per heavy atom. The highest BCUT2D eigenvalue weighted by Gasteiger charge is 2.07. The molecule has 0 aliphatic heterocycles. The van der Waals surface area contributed by atoms with Crippen molar-refractivity contribution in [1.82, 2.24) is 9.78 Å².